The molecule has 2 atom stereocenters. The van der Waals surface area contributed by atoms with Crippen molar-refractivity contribution < 1.29 is 0 Å². The average molecular weight is 215 g/mol. The van der Waals surface area contributed by atoms with E-state index in [0.29, 0.717) is 0 Å². The van der Waals surface area contributed by atoms with Gasteiger partial charge < -0.3 is 0 Å². The number of likely N-dealkylation sites (tertiary alicyclic amines) is 1. The van der Waals surface area contributed by atoms with Gasteiger partial charge in [0.2, 0.25) is 0 Å². The second kappa shape index (κ2) is 5.41. The first-order chi connectivity index (χ1) is 6.57. The fraction of sp³-hybridized carbons (Fsp3) is 1.00. The third-order valence-corrected chi connectivity index (χ3v) is 4.17. The van der Waals surface area contributed by atoms with E-state index in [0.717, 1.165) is 23.9 Å². The topological polar surface area (TPSA) is 3.24 Å². The Morgan fingerprint density at radius 2 is 1.93 bits per heavy atom. The van der Waals surface area contributed by atoms with Crippen molar-refractivity contribution in [2.24, 2.45) is 11.8 Å². The summed E-state index contributed by atoms with van der Waals surface area (Å²) in [5.74, 6) is 3.07. The van der Waals surface area contributed by atoms with Crippen molar-refractivity contribution in [2.45, 2.75) is 46.2 Å². The highest BCUT2D eigenvalue weighted by Gasteiger charge is 2.36. The van der Waals surface area contributed by atoms with Gasteiger partial charge in [0.05, 0.1) is 0 Å². The minimum absolute atomic E-state index is 0.718. The van der Waals surface area contributed by atoms with Gasteiger partial charge in [-0.1, -0.05) is 13.8 Å². The zero-order valence-electron chi connectivity index (χ0n) is 10.3. The van der Waals surface area contributed by atoms with Crippen LogP contribution in [0.4, 0.5) is 0 Å². The molecule has 1 aliphatic rings. The zero-order valence-corrected chi connectivity index (χ0v) is 11.1. The highest BCUT2D eigenvalue weighted by molar-refractivity contribution is 7.98. The fourth-order valence-corrected chi connectivity index (χ4v) is 3.49. The molecule has 0 saturated carbocycles. The van der Waals surface area contributed by atoms with Crippen LogP contribution in [0.1, 0.15) is 34.1 Å². The number of rotatable bonds is 4. The molecule has 0 spiro atoms. The van der Waals surface area contributed by atoms with Crippen LogP contribution in [-0.4, -0.2) is 35.5 Å². The maximum atomic E-state index is 2.70. The van der Waals surface area contributed by atoms with E-state index in [1.54, 1.807) is 0 Å². The Bertz CT molecular complexity index is 152. The van der Waals surface area contributed by atoms with Gasteiger partial charge in [-0.15, -0.1) is 0 Å². The lowest BCUT2D eigenvalue weighted by atomic mass is 9.89. The molecule has 0 amide bonds. The molecule has 1 saturated heterocycles. The Labute approximate surface area is 93.6 Å². The molecule has 84 valence electrons. The van der Waals surface area contributed by atoms with Crippen LogP contribution >= 0.6 is 11.8 Å². The number of hydrogen-bond donors (Lipinski definition) is 0. The van der Waals surface area contributed by atoms with Gasteiger partial charge in [-0.2, -0.15) is 11.8 Å². The van der Waals surface area contributed by atoms with E-state index >= 15 is 0 Å². The molecular weight excluding hydrogens is 190 g/mol. The smallest absolute Gasteiger partial charge is 0.0220 e. The first kappa shape index (κ1) is 12.4. The van der Waals surface area contributed by atoms with Crippen LogP contribution in [0.3, 0.4) is 0 Å². The van der Waals surface area contributed by atoms with Crippen LogP contribution in [0.2, 0.25) is 0 Å². The van der Waals surface area contributed by atoms with E-state index in [2.05, 4.69) is 38.9 Å². The predicted molar refractivity (Wildman–Crippen MR) is 67.0 cm³/mol. The lowest BCUT2D eigenvalue weighted by molar-refractivity contribution is 0.183. The molecule has 2 heteroatoms. The van der Waals surface area contributed by atoms with Gasteiger partial charge in [0.25, 0.3) is 0 Å². The van der Waals surface area contributed by atoms with Crippen LogP contribution in [0, 0.1) is 11.8 Å². The van der Waals surface area contributed by atoms with Crippen molar-refractivity contribution in [1.29, 1.82) is 0 Å². The van der Waals surface area contributed by atoms with Crippen molar-refractivity contribution >= 4 is 11.8 Å². The van der Waals surface area contributed by atoms with E-state index in [-0.39, 0.29) is 0 Å². The Hall–Kier alpha value is 0.310. The summed E-state index contributed by atoms with van der Waals surface area (Å²) in [7, 11) is 0. The molecule has 1 fully saturated rings. The summed E-state index contributed by atoms with van der Waals surface area (Å²) >= 11 is 2.00. The van der Waals surface area contributed by atoms with Gasteiger partial charge >= 0.3 is 0 Å². The second-order valence-corrected chi connectivity index (χ2v) is 5.96. The minimum atomic E-state index is 0.718. The van der Waals surface area contributed by atoms with Gasteiger partial charge in [-0.05, 0) is 44.9 Å². The van der Waals surface area contributed by atoms with Gasteiger partial charge in [-0.25, -0.2) is 0 Å². The normalized spacial score (nSPS) is 29.4. The quantitative estimate of drug-likeness (QED) is 0.709. The number of nitrogens with zero attached hydrogens (tertiary/aromatic N) is 1. The minimum Gasteiger partial charge on any atom is -0.297 e. The highest BCUT2D eigenvalue weighted by atomic mass is 32.2. The molecule has 1 aliphatic heterocycles. The summed E-state index contributed by atoms with van der Waals surface area (Å²) < 4.78 is 0. The molecule has 1 rings (SSSR count). The summed E-state index contributed by atoms with van der Waals surface area (Å²) in [5, 5.41) is 0. The number of thioether (sulfide) groups is 1. The summed E-state index contributed by atoms with van der Waals surface area (Å²) in [5.41, 5.74) is 0. The van der Waals surface area contributed by atoms with Gasteiger partial charge in [-0.3, -0.25) is 4.90 Å². The summed E-state index contributed by atoms with van der Waals surface area (Å²) in [4.78, 5) is 2.70. The number of hydrogen-bond acceptors (Lipinski definition) is 2. The van der Waals surface area contributed by atoms with Crippen LogP contribution in [0.25, 0.3) is 0 Å². The largest absolute Gasteiger partial charge is 0.297 e. The predicted octanol–water partition coefficient (Wildman–Crippen LogP) is 3.10. The maximum Gasteiger partial charge on any atom is 0.0220 e. The van der Waals surface area contributed by atoms with Crippen LogP contribution in [-0.2, 0) is 0 Å². The molecule has 0 aromatic rings. The standard InChI is InChI=1S/C12H25NS/c1-9(2)11-6-7-13(10(3)4)12(11)8-14-5/h9-12H,6-8H2,1-5H3. The molecule has 0 bridgehead atoms. The lowest BCUT2D eigenvalue weighted by Crippen LogP contribution is -2.40. The van der Waals surface area contributed by atoms with Crippen molar-refractivity contribution in [3.05, 3.63) is 0 Å². The van der Waals surface area contributed by atoms with E-state index < -0.39 is 0 Å². The molecule has 0 aliphatic carbocycles. The Balaban J connectivity index is 2.64. The maximum absolute atomic E-state index is 2.70. The summed E-state index contributed by atoms with van der Waals surface area (Å²) in [6.07, 6.45) is 3.63. The van der Waals surface area contributed by atoms with E-state index in [4.69, 9.17) is 0 Å². The Morgan fingerprint density at radius 3 is 2.36 bits per heavy atom. The van der Waals surface area contributed by atoms with Crippen molar-refractivity contribution in [3.63, 3.8) is 0 Å². The average Bonchev–Trinajstić information content (AvgIpc) is 2.48. The SMILES string of the molecule is CSCC1C(C(C)C)CCN1C(C)C. The summed E-state index contributed by atoms with van der Waals surface area (Å²) in [6, 6.07) is 1.54. The van der Waals surface area contributed by atoms with E-state index in [1.807, 2.05) is 11.8 Å². The third-order valence-electron chi connectivity index (χ3n) is 3.50. The molecule has 14 heavy (non-hydrogen) atoms. The van der Waals surface area contributed by atoms with Crippen LogP contribution in [0.15, 0.2) is 0 Å². The first-order valence-electron chi connectivity index (χ1n) is 5.82. The van der Waals surface area contributed by atoms with Crippen molar-refractivity contribution in [3.8, 4) is 0 Å². The van der Waals surface area contributed by atoms with Crippen molar-refractivity contribution in [1.82, 2.24) is 4.90 Å². The van der Waals surface area contributed by atoms with E-state index in [9.17, 15) is 0 Å². The second-order valence-electron chi connectivity index (χ2n) is 5.05. The third kappa shape index (κ3) is 2.66. The molecular formula is C12H25NS. The molecule has 1 nitrogen and oxygen atoms in total. The van der Waals surface area contributed by atoms with Gasteiger partial charge in [0.15, 0.2) is 0 Å². The van der Waals surface area contributed by atoms with Crippen molar-refractivity contribution in [2.75, 3.05) is 18.6 Å². The Morgan fingerprint density at radius 1 is 1.29 bits per heavy atom. The molecule has 0 aromatic heterocycles. The summed E-state index contributed by atoms with van der Waals surface area (Å²) in [6.45, 7) is 10.7. The van der Waals surface area contributed by atoms with Crippen LogP contribution < -0.4 is 0 Å². The van der Waals surface area contributed by atoms with Gasteiger partial charge in [0, 0.05) is 17.8 Å². The monoisotopic (exact) mass is 215 g/mol. The van der Waals surface area contributed by atoms with E-state index in [1.165, 1.54) is 18.7 Å². The molecule has 0 N–H and O–H groups in total. The lowest BCUT2D eigenvalue weighted by Gasteiger charge is -2.32. The molecule has 0 aromatic carbocycles. The Kier molecular flexibility index (Phi) is 4.78. The zero-order chi connectivity index (χ0) is 10.7. The molecule has 1 heterocycles. The fourth-order valence-electron chi connectivity index (χ4n) is 2.71. The first-order valence-corrected chi connectivity index (χ1v) is 7.22. The van der Waals surface area contributed by atoms with Crippen LogP contribution in [0.5, 0.6) is 0 Å². The molecule has 2 unspecified atom stereocenters. The highest BCUT2D eigenvalue weighted by Crippen LogP contribution is 2.33. The van der Waals surface area contributed by atoms with Gasteiger partial charge in [0.1, 0.15) is 0 Å². The molecule has 0 radical (unpaired) electrons.